The molecule has 5 rings (SSSR count). The molecule has 9 heteroatoms. The van der Waals surface area contributed by atoms with Crippen molar-refractivity contribution in [1.29, 1.82) is 0 Å². The van der Waals surface area contributed by atoms with Crippen LogP contribution in [0.25, 0.3) is 11.3 Å². The van der Waals surface area contributed by atoms with Crippen LogP contribution in [0.2, 0.25) is 0 Å². The zero-order chi connectivity index (χ0) is 22.9. The highest BCUT2D eigenvalue weighted by molar-refractivity contribution is 5.64. The molecule has 1 unspecified atom stereocenters. The van der Waals surface area contributed by atoms with Crippen molar-refractivity contribution in [1.82, 2.24) is 25.3 Å². The normalized spacial score (nSPS) is 22.7. The largest absolute Gasteiger partial charge is 0.465 e. The van der Waals surface area contributed by atoms with Gasteiger partial charge < -0.3 is 29.9 Å². The number of benzene rings is 1. The zero-order valence-corrected chi connectivity index (χ0v) is 18.1. The first-order valence-electron chi connectivity index (χ1n) is 11.0. The second-order valence-corrected chi connectivity index (χ2v) is 8.54. The van der Waals surface area contributed by atoms with E-state index in [2.05, 4.69) is 32.6 Å². The van der Waals surface area contributed by atoms with Crippen molar-refractivity contribution in [3.63, 3.8) is 0 Å². The molecule has 5 atom stereocenters. The van der Waals surface area contributed by atoms with Gasteiger partial charge in [-0.15, -0.1) is 0 Å². The minimum absolute atomic E-state index is 0.0462. The Morgan fingerprint density at radius 3 is 2.79 bits per heavy atom. The molecule has 1 saturated carbocycles. The minimum atomic E-state index is -1.15. The van der Waals surface area contributed by atoms with E-state index >= 15 is 0 Å². The Labute approximate surface area is 190 Å². The van der Waals surface area contributed by atoms with Crippen LogP contribution in [-0.4, -0.2) is 50.6 Å². The van der Waals surface area contributed by atoms with Crippen LogP contribution in [0.4, 0.5) is 4.79 Å². The van der Waals surface area contributed by atoms with E-state index in [1.165, 1.54) is 0 Å². The lowest BCUT2D eigenvalue weighted by Crippen LogP contribution is -2.31. The maximum absolute atomic E-state index is 11.1. The molecule has 1 saturated heterocycles. The third-order valence-corrected chi connectivity index (χ3v) is 6.37. The van der Waals surface area contributed by atoms with Gasteiger partial charge >= 0.3 is 6.09 Å². The third-order valence-electron chi connectivity index (χ3n) is 6.37. The lowest BCUT2D eigenvalue weighted by molar-refractivity contribution is 0.180. The van der Waals surface area contributed by atoms with Crippen molar-refractivity contribution in [3.8, 4) is 23.2 Å². The standard InChI is InChI=1S/C24H25N5O4/c1-14(30)23-26-8-9-29(23)21(13-27-24(31)32)20-10-22(33-28-20)16-5-2-15(3-6-16)4-7-17-18-11-25-12-19(17)18/h2-3,5-6,8-10,14,17-19,21,25,27,30H,11-13H2,1H3,(H,31,32)/t14-,17?,18-,19+,21+/m0/s1. The first-order chi connectivity index (χ1) is 16.0. The molecule has 1 aliphatic carbocycles. The summed E-state index contributed by atoms with van der Waals surface area (Å²) in [5.74, 6) is 9.61. The summed E-state index contributed by atoms with van der Waals surface area (Å²) in [6.45, 7) is 3.81. The summed E-state index contributed by atoms with van der Waals surface area (Å²) < 4.78 is 7.27. The van der Waals surface area contributed by atoms with Crippen molar-refractivity contribution >= 4 is 6.09 Å². The van der Waals surface area contributed by atoms with Crippen molar-refractivity contribution in [2.75, 3.05) is 19.6 Å². The Morgan fingerprint density at radius 2 is 2.09 bits per heavy atom. The number of piperidine rings is 1. The van der Waals surface area contributed by atoms with E-state index in [1.54, 1.807) is 30.0 Å². The average molecular weight is 447 g/mol. The molecule has 2 aliphatic rings. The summed E-state index contributed by atoms with van der Waals surface area (Å²) in [4.78, 5) is 15.3. The Bertz CT molecular complexity index is 1190. The van der Waals surface area contributed by atoms with Crippen LogP contribution >= 0.6 is 0 Å². The molecule has 9 nitrogen and oxygen atoms in total. The van der Waals surface area contributed by atoms with Crippen LogP contribution < -0.4 is 10.6 Å². The fourth-order valence-corrected chi connectivity index (χ4v) is 4.54. The van der Waals surface area contributed by atoms with Crippen molar-refractivity contribution in [2.45, 2.75) is 19.1 Å². The number of amides is 1. The van der Waals surface area contributed by atoms with Gasteiger partial charge in [0.15, 0.2) is 5.76 Å². The van der Waals surface area contributed by atoms with Gasteiger partial charge in [-0.05, 0) is 56.1 Å². The maximum atomic E-state index is 11.1. The predicted molar refractivity (Wildman–Crippen MR) is 119 cm³/mol. The Hall–Kier alpha value is -3.61. The topological polar surface area (TPSA) is 125 Å². The van der Waals surface area contributed by atoms with Crippen LogP contribution in [0, 0.1) is 29.6 Å². The van der Waals surface area contributed by atoms with Crippen LogP contribution in [0.1, 0.15) is 36.2 Å². The van der Waals surface area contributed by atoms with E-state index in [1.807, 2.05) is 24.3 Å². The van der Waals surface area contributed by atoms with E-state index in [0.29, 0.717) is 23.2 Å². The molecule has 3 aromatic rings. The first-order valence-corrected chi connectivity index (χ1v) is 11.0. The lowest BCUT2D eigenvalue weighted by Gasteiger charge is -2.19. The fraction of sp³-hybridized carbons (Fsp3) is 0.375. The van der Waals surface area contributed by atoms with E-state index in [4.69, 9.17) is 9.63 Å². The molecule has 1 aliphatic heterocycles. The van der Waals surface area contributed by atoms with Gasteiger partial charge in [0.05, 0.1) is 6.04 Å². The number of nitrogens with zero attached hydrogens (tertiary/aromatic N) is 3. The van der Waals surface area contributed by atoms with Gasteiger partial charge in [-0.1, -0.05) is 17.0 Å². The smallest absolute Gasteiger partial charge is 0.404 e. The van der Waals surface area contributed by atoms with Crippen LogP contribution in [-0.2, 0) is 0 Å². The molecule has 2 aromatic heterocycles. The summed E-state index contributed by atoms with van der Waals surface area (Å²) in [6, 6.07) is 9.05. The van der Waals surface area contributed by atoms with Gasteiger partial charge in [-0.3, -0.25) is 0 Å². The highest BCUT2D eigenvalue weighted by Crippen LogP contribution is 2.48. The van der Waals surface area contributed by atoms with Gasteiger partial charge in [-0.2, -0.15) is 0 Å². The molecule has 170 valence electrons. The van der Waals surface area contributed by atoms with E-state index in [-0.39, 0.29) is 6.54 Å². The summed E-state index contributed by atoms with van der Waals surface area (Å²) in [6.07, 6.45) is 1.27. The fourth-order valence-electron chi connectivity index (χ4n) is 4.54. The lowest BCUT2D eigenvalue weighted by atomic mass is 10.1. The van der Waals surface area contributed by atoms with Gasteiger partial charge in [0.25, 0.3) is 0 Å². The zero-order valence-electron chi connectivity index (χ0n) is 18.1. The van der Waals surface area contributed by atoms with Crippen LogP contribution in [0.5, 0.6) is 0 Å². The number of aliphatic hydroxyl groups is 1. The van der Waals surface area contributed by atoms with Crippen molar-refractivity contribution in [2.24, 2.45) is 17.8 Å². The molecule has 33 heavy (non-hydrogen) atoms. The Morgan fingerprint density at radius 1 is 1.33 bits per heavy atom. The molecular formula is C24H25N5O4. The van der Waals surface area contributed by atoms with Gasteiger partial charge in [0.2, 0.25) is 0 Å². The highest BCUT2D eigenvalue weighted by atomic mass is 16.5. The number of aromatic nitrogens is 3. The minimum Gasteiger partial charge on any atom is -0.465 e. The molecular weight excluding hydrogens is 422 g/mol. The molecule has 0 bridgehead atoms. The average Bonchev–Trinajstić information content (AvgIpc) is 3.33. The van der Waals surface area contributed by atoms with E-state index in [0.717, 1.165) is 36.1 Å². The molecule has 4 N–H and O–H groups in total. The summed E-state index contributed by atoms with van der Waals surface area (Å²) in [5.41, 5.74) is 2.33. The number of fused-ring (bicyclic) bond motifs is 1. The Balaban J connectivity index is 1.34. The highest BCUT2D eigenvalue weighted by Gasteiger charge is 2.51. The number of hydrogen-bond donors (Lipinski definition) is 4. The molecule has 3 heterocycles. The molecule has 0 radical (unpaired) electrons. The number of carboxylic acid groups (broad SMARTS) is 1. The summed E-state index contributed by atoms with van der Waals surface area (Å²) >= 11 is 0. The van der Waals surface area contributed by atoms with Crippen LogP contribution in [0.3, 0.4) is 0 Å². The molecule has 0 spiro atoms. The quantitative estimate of drug-likeness (QED) is 0.427. The molecule has 1 aromatic carbocycles. The number of aliphatic hydroxyl groups excluding tert-OH is 1. The number of rotatable bonds is 6. The number of nitrogens with one attached hydrogen (secondary N) is 2. The maximum Gasteiger partial charge on any atom is 0.404 e. The van der Waals surface area contributed by atoms with Gasteiger partial charge in [-0.25, -0.2) is 9.78 Å². The molecule has 1 amide bonds. The number of carbonyl (C=O) groups is 1. The number of imidazole rings is 1. The number of hydrogen-bond acceptors (Lipinski definition) is 6. The van der Waals surface area contributed by atoms with E-state index in [9.17, 15) is 9.90 Å². The van der Waals surface area contributed by atoms with Crippen molar-refractivity contribution < 1.29 is 19.5 Å². The van der Waals surface area contributed by atoms with Crippen LogP contribution in [0.15, 0.2) is 47.2 Å². The van der Waals surface area contributed by atoms with Crippen molar-refractivity contribution in [3.05, 3.63) is 59.8 Å². The van der Waals surface area contributed by atoms with E-state index < -0.39 is 18.2 Å². The predicted octanol–water partition coefficient (Wildman–Crippen LogP) is 2.27. The molecule has 2 fully saturated rings. The third kappa shape index (κ3) is 4.35. The Kier molecular flexibility index (Phi) is 5.62. The van der Waals surface area contributed by atoms with Gasteiger partial charge in [0, 0.05) is 42.0 Å². The SMILES string of the molecule is C[C@H](O)c1nccn1[C@H](CNC(=O)O)c1cc(-c2ccc(C#CC3[C@H]4CNC[C@@H]34)cc2)on1. The summed E-state index contributed by atoms with van der Waals surface area (Å²) in [7, 11) is 0. The first kappa shape index (κ1) is 21.2. The monoisotopic (exact) mass is 447 g/mol. The second kappa shape index (κ2) is 8.73. The van der Waals surface area contributed by atoms with Gasteiger partial charge in [0.1, 0.15) is 17.6 Å². The second-order valence-electron chi connectivity index (χ2n) is 8.54. The summed E-state index contributed by atoms with van der Waals surface area (Å²) in [5, 5.41) is 29.0.